The van der Waals surface area contributed by atoms with Crippen LogP contribution in [0.2, 0.25) is 0 Å². The molecule has 0 spiro atoms. The summed E-state index contributed by atoms with van der Waals surface area (Å²) in [6.07, 6.45) is -0.333. The molecule has 0 fully saturated rings. The average molecular weight is 390 g/mol. The third kappa shape index (κ3) is 3.98. The van der Waals surface area contributed by atoms with E-state index >= 15 is 0 Å². The normalized spacial score (nSPS) is 20.4. The van der Waals surface area contributed by atoms with Crippen molar-refractivity contribution in [3.8, 4) is 0 Å². The molecule has 28 heavy (non-hydrogen) atoms. The van der Waals surface area contributed by atoms with E-state index in [4.69, 9.17) is 0 Å². The van der Waals surface area contributed by atoms with Crippen LogP contribution in [-0.2, 0) is 12.8 Å². The summed E-state index contributed by atoms with van der Waals surface area (Å²) in [6, 6.07) is 17.4. The maximum Gasteiger partial charge on any atom is 0.124 e. The van der Waals surface area contributed by atoms with Gasteiger partial charge < -0.3 is 30.6 Å². The molecule has 0 aliphatic heterocycles. The Hall–Kier alpha value is -1.80. The minimum Gasteiger partial charge on any atom is -0.393 e. The van der Waals surface area contributed by atoms with Crippen LogP contribution >= 0.6 is 0 Å². The van der Waals surface area contributed by atoms with Gasteiger partial charge in [0.15, 0.2) is 0 Å². The molecule has 0 aliphatic rings. The zero-order valence-electron chi connectivity index (χ0n) is 16.3. The second-order valence-electron chi connectivity index (χ2n) is 7.85. The van der Waals surface area contributed by atoms with Gasteiger partial charge in [0.25, 0.3) is 0 Å². The quantitative estimate of drug-likeness (QED) is 0.369. The predicted octanol–water partition coefficient (Wildman–Crippen LogP) is 0.421. The van der Waals surface area contributed by atoms with Gasteiger partial charge >= 0.3 is 0 Å². The molecule has 0 bridgehead atoms. The Labute approximate surface area is 165 Å². The standard InChI is InChI=1S/C22H30O6/c1-19(25,21(27,15-23)13-17-9-5-3-6-10-17)20(2,26)22(28,16-24)14-18-11-7-4-8-12-18/h3-12,23-28H,13-16H2,1-2H3/t19-,20-,21-,22+/m0/s1. The summed E-state index contributed by atoms with van der Waals surface area (Å²) in [4.78, 5) is 0. The van der Waals surface area contributed by atoms with E-state index in [9.17, 15) is 30.6 Å². The minimum atomic E-state index is -2.38. The first-order valence-corrected chi connectivity index (χ1v) is 9.22. The SMILES string of the molecule is C[C@@](O)([C@@](O)(CO)Cc1ccccc1)[C@](C)(O)[C@](O)(CO)Cc1ccccc1. The van der Waals surface area contributed by atoms with E-state index in [0.29, 0.717) is 11.1 Å². The zero-order chi connectivity index (χ0) is 21.1. The van der Waals surface area contributed by atoms with Crippen LogP contribution in [0.3, 0.4) is 0 Å². The molecule has 0 aromatic heterocycles. The zero-order valence-corrected chi connectivity index (χ0v) is 16.3. The molecule has 2 rings (SSSR count). The van der Waals surface area contributed by atoms with E-state index in [0.717, 1.165) is 13.8 Å². The monoisotopic (exact) mass is 390 g/mol. The summed E-state index contributed by atoms with van der Waals surface area (Å²) in [7, 11) is 0. The van der Waals surface area contributed by atoms with Gasteiger partial charge in [-0.3, -0.25) is 0 Å². The van der Waals surface area contributed by atoms with Crippen LogP contribution in [0.5, 0.6) is 0 Å². The van der Waals surface area contributed by atoms with Crippen molar-refractivity contribution >= 4 is 0 Å². The predicted molar refractivity (Wildman–Crippen MR) is 106 cm³/mol. The molecule has 0 aliphatic carbocycles. The van der Waals surface area contributed by atoms with E-state index in [-0.39, 0.29) is 12.8 Å². The van der Waals surface area contributed by atoms with Crippen molar-refractivity contribution in [2.24, 2.45) is 0 Å². The first-order valence-electron chi connectivity index (χ1n) is 9.22. The fraction of sp³-hybridized carbons (Fsp3) is 0.455. The van der Waals surface area contributed by atoms with E-state index in [1.807, 2.05) is 0 Å². The average Bonchev–Trinajstić information content (AvgIpc) is 2.68. The molecule has 0 saturated carbocycles. The van der Waals surface area contributed by atoms with Gasteiger partial charge in [0, 0.05) is 12.8 Å². The van der Waals surface area contributed by atoms with E-state index < -0.39 is 35.6 Å². The lowest BCUT2D eigenvalue weighted by atomic mass is 9.62. The van der Waals surface area contributed by atoms with Crippen molar-refractivity contribution in [2.75, 3.05) is 13.2 Å². The third-order valence-corrected chi connectivity index (χ3v) is 5.96. The number of aliphatic hydroxyl groups is 6. The van der Waals surface area contributed by atoms with Gasteiger partial charge in [-0.15, -0.1) is 0 Å². The van der Waals surface area contributed by atoms with Gasteiger partial charge in [0.05, 0.1) is 13.2 Å². The number of hydrogen-bond donors (Lipinski definition) is 6. The molecule has 2 aromatic carbocycles. The van der Waals surface area contributed by atoms with Crippen molar-refractivity contribution in [3.05, 3.63) is 71.8 Å². The van der Waals surface area contributed by atoms with E-state index in [1.165, 1.54) is 0 Å². The molecule has 6 heteroatoms. The molecule has 154 valence electrons. The summed E-state index contributed by atoms with van der Waals surface area (Å²) in [6.45, 7) is 0.575. The number of hydrogen-bond acceptors (Lipinski definition) is 6. The van der Waals surface area contributed by atoms with E-state index in [1.54, 1.807) is 60.7 Å². The van der Waals surface area contributed by atoms with Gasteiger partial charge in [0.2, 0.25) is 0 Å². The first-order chi connectivity index (χ1) is 13.0. The highest BCUT2D eigenvalue weighted by Crippen LogP contribution is 2.42. The van der Waals surface area contributed by atoms with Gasteiger partial charge in [-0.25, -0.2) is 0 Å². The van der Waals surface area contributed by atoms with Crippen molar-refractivity contribution in [1.29, 1.82) is 0 Å². The first kappa shape index (κ1) is 22.5. The highest BCUT2D eigenvalue weighted by Gasteiger charge is 2.64. The van der Waals surface area contributed by atoms with Crippen LogP contribution in [0.4, 0.5) is 0 Å². The maximum atomic E-state index is 11.2. The lowest BCUT2D eigenvalue weighted by molar-refractivity contribution is -0.298. The largest absolute Gasteiger partial charge is 0.393 e. The smallest absolute Gasteiger partial charge is 0.124 e. The summed E-state index contributed by atoms with van der Waals surface area (Å²) in [5.74, 6) is 0. The summed E-state index contributed by atoms with van der Waals surface area (Å²) < 4.78 is 0. The van der Waals surface area contributed by atoms with Gasteiger partial charge in [0.1, 0.15) is 22.4 Å². The topological polar surface area (TPSA) is 121 Å². The van der Waals surface area contributed by atoms with Crippen LogP contribution < -0.4 is 0 Å². The highest BCUT2D eigenvalue weighted by molar-refractivity contribution is 5.25. The van der Waals surface area contributed by atoms with Gasteiger partial charge in [-0.2, -0.15) is 0 Å². The third-order valence-electron chi connectivity index (χ3n) is 5.96. The molecular weight excluding hydrogens is 360 g/mol. The molecule has 0 heterocycles. The Balaban J connectivity index is 2.43. The lowest BCUT2D eigenvalue weighted by Crippen LogP contribution is -2.76. The van der Waals surface area contributed by atoms with Crippen LogP contribution in [0.25, 0.3) is 0 Å². The Morgan fingerprint density at radius 2 is 0.857 bits per heavy atom. The van der Waals surface area contributed by atoms with E-state index in [2.05, 4.69) is 0 Å². The molecule has 6 nitrogen and oxygen atoms in total. The van der Waals surface area contributed by atoms with Crippen molar-refractivity contribution in [3.63, 3.8) is 0 Å². The lowest BCUT2D eigenvalue weighted by Gasteiger charge is -2.54. The van der Waals surface area contributed by atoms with Crippen molar-refractivity contribution < 1.29 is 30.6 Å². The number of rotatable bonds is 9. The van der Waals surface area contributed by atoms with Crippen molar-refractivity contribution in [1.82, 2.24) is 0 Å². The molecule has 0 radical (unpaired) electrons. The Morgan fingerprint density at radius 3 is 1.11 bits per heavy atom. The molecule has 0 amide bonds. The Morgan fingerprint density at radius 1 is 0.571 bits per heavy atom. The summed E-state index contributed by atoms with van der Waals surface area (Å²) >= 11 is 0. The molecule has 0 unspecified atom stereocenters. The molecule has 4 atom stereocenters. The number of benzene rings is 2. The molecule has 2 aromatic rings. The maximum absolute atomic E-state index is 11.2. The second kappa shape index (κ2) is 8.29. The van der Waals surface area contributed by atoms with Crippen LogP contribution in [-0.4, -0.2) is 66.3 Å². The summed E-state index contributed by atoms with van der Waals surface area (Å²) in [5.41, 5.74) is -7.86. The summed E-state index contributed by atoms with van der Waals surface area (Å²) in [5, 5.41) is 64.5. The minimum absolute atomic E-state index is 0.166. The van der Waals surface area contributed by atoms with Crippen LogP contribution in [0.15, 0.2) is 60.7 Å². The molecule has 6 N–H and O–H groups in total. The Bertz CT molecular complexity index is 681. The van der Waals surface area contributed by atoms with Crippen LogP contribution in [0.1, 0.15) is 25.0 Å². The molecule has 0 saturated heterocycles. The van der Waals surface area contributed by atoms with Crippen LogP contribution in [0, 0.1) is 0 Å². The molecular formula is C22H30O6. The number of aliphatic hydroxyl groups excluding tert-OH is 2. The fourth-order valence-corrected chi connectivity index (χ4v) is 3.54. The van der Waals surface area contributed by atoms with Gasteiger partial charge in [-0.1, -0.05) is 60.7 Å². The van der Waals surface area contributed by atoms with Crippen molar-refractivity contribution in [2.45, 2.75) is 49.1 Å². The Kier molecular flexibility index (Phi) is 6.66. The highest BCUT2D eigenvalue weighted by atomic mass is 16.4. The second-order valence-corrected chi connectivity index (χ2v) is 7.85. The fourth-order valence-electron chi connectivity index (χ4n) is 3.54. The van der Waals surface area contributed by atoms with Gasteiger partial charge in [-0.05, 0) is 25.0 Å².